The van der Waals surface area contributed by atoms with Crippen LogP contribution < -0.4 is 4.74 Å². The molecule has 5 aromatic rings. The number of methoxy groups -OCH3 is 1. The molecule has 1 N–H and O–H groups in total. The van der Waals surface area contributed by atoms with Crippen molar-refractivity contribution in [3.63, 3.8) is 0 Å². The zero-order valence-electron chi connectivity index (χ0n) is 22.6. The average Bonchev–Trinajstić information content (AvgIpc) is 3.35. The predicted molar refractivity (Wildman–Crippen MR) is 146 cm³/mol. The topological polar surface area (TPSA) is 110 Å². The van der Waals surface area contributed by atoms with Gasteiger partial charge >= 0.3 is 5.97 Å². The predicted octanol–water partition coefficient (Wildman–Crippen LogP) is 6.04. The van der Waals surface area contributed by atoms with Crippen LogP contribution in [0.2, 0.25) is 0 Å². The number of carbonyl (C=O) groups is 1. The van der Waals surface area contributed by atoms with Crippen molar-refractivity contribution in [3.8, 4) is 23.2 Å². The maximum Gasteiger partial charge on any atom is 0.335 e. The quantitative estimate of drug-likeness (QED) is 0.156. The van der Waals surface area contributed by atoms with Crippen LogP contribution in [0.25, 0.3) is 22.3 Å². The molecule has 0 amide bonds. The Hall–Kier alpha value is -5.28. The van der Waals surface area contributed by atoms with Gasteiger partial charge in [0.05, 0.1) is 40.5 Å². The highest BCUT2D eigenvalue weighted by Gasteiger charge is 2.23. The molecule has 0 aliphatic heterocycles. The minimum atomic E-state index is -1.43. The summed E-state index contributed by atoms with van der Waals surface area (Å²) in [5, 5.41) is 18.3. The second-order valence-electron chi connectivity index (χ2n) is 9.44. The molecule has 0 saturated heterocycles. The van der Waals surface area contributed by atoms with Crippen molar-refractivity contribution in [2.45, 2.75) is 19.6 Å². The number of carboxylic acid groups (broad SMARTS) is 1. The zero-order chi connectivity index (χ0) is 30.7. The zero-order valence-corrected chi connectivity index (χ0v) is 22.6. The van der Waals surface area contributed by atoms with Gasteiger partial charge in [-0.05, 0) is 42.5 Å². The highest BCUT2D eigenvalue weighted by atomic mass is 19.2. The molecule has 0 atom stereocenters. The molecule has 0 spiro atoms. The van der Waals surface area contributed by atoms with Gasteiger partial charge in [0.25, 0.3) is 0 Å². The number of halogens is 4. The number of benzene rings is 3. The number of pyridine rings is 1. The van der Waals surface area contributed by atoms with Crippen LogP contribution in [0.15, 0.2) is 60.7 Å². The smallest absolute Gasteiger partial charge is 0.335 e. The van der Waals surface area contributed by atoms with Gasteiger partial charge in [0.2, 0.25) is 5.88 Å². The van der Waals surface area contributed by atoms with Gasteiger partial charge in [-0.2, -0.15) is 5.26 Å². The normalized spacial score (nSPS) is 11.1. The molecule has 2 aromatic heterocycles. The largest absolute Gasteiger partial charge is 0.478 e. The molecule has 0 fully saturated rings. The van der Waals surface area contributed by atoms with Crippen molar-refractivity contribution < 1.29 is 36.9 Å². The molecule has 0 aliphatic rings. The van der Waals surface area contributed by atoms with E-state index in [1.54, 1.807) is 4.57 Å². The molecular formula is C31H22F4N4O4. The Morgan fingerprint density at radius 1 is 1.00 bits per heavy atom. The number of fused-ring (bicyclic) bond motifs is 1. The Balaban J connectivity index is 1.44. The monoisotopic (exact) mass is 590 g/mol. The number of aromatic carboxylic acids is 1. The Morgan fingerprint density at radius 2 is 1.81 bits per heavy atom. The van der Waals surface area contributed by atoms with Crippen molar-refractivity contribution in [2.75, 3.05) is 13.7 Å². The molecule has 43 heavy (non-hydrogen) atoms. The number of nitriles is 1. The summed E-state index contributed by atoms with van der Waals surface area (Å²) in [5.41, 5.74) is -0.0227. The van der Waals surface area contributed by atoms with Crippen LogP contribution in [0.4, 0.5) is 17.6 Å². The second-order valence-corrected chi connectivity index (χ2v) is 9.44. The van der Waals surface area contributed by atoms with Crippen LogP contribution in [0.1, 0.15) is 32.9 Å². The summed E-state index contributed by atoms with van der Waals surface area (Å²) in [6.07, 6.45) is -0.428. The number of hydrogen-bond donors (Lipinski definition) is 1. The fourth-order valence-electron chi connectivity index (χ4n) is 4.54. The lowest BCUT2D eigenvalue weighted by molar-refractivity contribution is 0.0697. The van der Waals surface area contributed by atoms with Crippen LogP contribution in [0.5, 0.6) is 5.88 Å². The number of aromatic nitrogens is 3. The van der Waals surface area contributed by atoms with E-state index in [2.05, 4.69) is 9.97 Å². The standard InChI is InChI=1S/C31H22F4N4O4/c1-42-10-9-39-26-12-18(31(40)41)7-8-25(26)37-27(39)14-20-23(33)13-21(30(35)29(20)34)24-3-2-4-28(38-24)43-16-19-6-5-17(15-36)11-22(19)32/h2-8,11-13H,9-10,14,16H2,1H3,(H,40,41). The van der Waals surface area contributed by atoms with Crippen LogP contribution in [-0.2, 0) is 24.3 Å². The Morgan fingerprint density at radius 3 is 2.53 bits per heavy atom. The first-order chi connectivity index (χ1) is 20.7. The number of hydrogen-bond acceptors (Lipinski definition) is 6. The van der Waals surface area contributed by atoms with E-state index in [9.17, 15) is 14.3 Å². The highest BCUT2D eigenvalue weighted by molar-refractivity contribution is 5.92. The number of rotatable bonds is 10. The van der Waals surface area contributed by atoms with E-state index in [1.807, 2.05) is 6.07 Å². The Labute approximate surface area is 242 Å². The summed E-state index contributed by atoms with van der Waals surface area (Å²) < 4.78 is 72.6. The van der Waals surface area contributed by atoms with Gasteiger partial charge in [0.1, 0.15) is 24.1 Å². The van der Waals surface area contributed by atoms with E-state index < -0.39 is 46.8 Å². The third-order valence-electron chi connectivity index (χ3n) is 6.74. The van der Waals surface area contributed by atoms with Crippen molar-refractivity contribution in [1.29, 1.82) is 5.26 Å². The van der Waals surface area contributed by atoms with Gasteiger partial charge in [-0.25, -0.2) is 32.3 Å². The fraction of sp³-hybridized carbons (Fsp3) is 0.161. The molecule has 0 saturated carbocycles. The third-order valence-corrected chi connectivity index (χ3v) is 6.74. The Kier molecular flexibility index (Phi) is 8.36. The lowest BCUT2D eigenvalue weighted by Gasteiger charge is -2.13. The van der Waals surface area contributed by atoms with Crippen LogP contribution in [0, 0.1) is 34.6 Å². The maximum atomic E-state index is 15.4. The average molecular weight is 591 g/mol. The second kappa shape index (κ2) is 12.3. The molecule has 2 heterocycles. The molecule has 0 radical (unpaired) electrons. The molecule has 0 unspecified atom stereocenters. The van der Waals surface area contributed by atoms with Crippen LogP contribution in [-0.4, -0.2) is 39.3 Å². The first-order valence-electron chi connectivity index (χ1n) is 12.9. The van der Waals surface area contributed by atoms with E-state index in [-0.39, 0.29) is 53.8 Å². The molecule has 8 nitrogen and oxygen atoms in total. The molecule has 12 heteroatoms. The van der Waals surface area contributed by atoms with Crippen molar-refractivity contribution >= 4 is 17.0 Å². The lowest BCUT2D eigenvalue weighted by atomic mass is 10.0. The number of ether oxygens (including phenoxy) is 2. The van der Waals surface area contributed by atoms with E-state index in [1.165, 1.54) is 55.6 Å². The maximum absolute atomic E-state index is 15.4. The van der Waals surface area contributed by atoms with Gasteiger partial charge < -0.3 is 19.1 Å². The summed E-state index contributed by atoms with van der Waals surface area (Å²) in [6.45, 7) is 0.157. The molecule has 0 bridgehead atoms. The van der Waals surface area contributed by atoms with Gasteiger partial charge in [0, 0.05) is 42.8 Å². The van der Waals surface area contributed by atoms with Gasteiger partial charge in [-0.1, -0.05) is 12.1 Å². The first kappa shape index (κ1) is 29.2. The van der Waals surface area contributed by atoms with Crippen LogP contribution in [0.3, 0.4) is 0 Å². The van der Waals surface area contributed by atoms with Crippen molar-refractivity contribution in [2.24, 2.45) is 0 Å². The van der Waals surface area contributed by atoms with E-state index in [4.69, 9.17) is 14.7 Å². The third kappa shape index (κ3) is 6.02. The van der Waals surface area contributed by atoms with E-state index in [0.29, 0.717) is 11.0 Å². The SMILES string of the molecule is COCCn1c(Cc2c(F)cc(-c3cccc(OCc4ccc(C#N)cc4F)n3)c(F)c2F)nc2ccc(C(=O)O)cc21. The van der Waals surface area contributed by atoms with Gasteiger partial charge in [-0.15, -0.1) is 0 Å². The summed E-state index contributed by atoms with van der Waals surface area (Å²) in [7, 11) is 1.47. The number of imidazole rings is 1. The Bertz CT molecular complexity index is 1900. The minimum Gasteiger partial charge on any atom is -0.478 e. The first-order valence-corrected chi connectivity index (χ1v) is 12.9. The number of carboxylic acids is 1. The summed E-state index contributed by atoms with van der Waals surface area (Å²) in [6, 6.07) is 15.0. The summed E-state index contributed by atoms with van der Waals surface area (Å²) in [5.74, 6) is -5.48. The van der Waals surface area contributed by atoms with Gasteiger partial charge in [-0.3, -0.25) is 0 Å². The highest BCUT2D eigenvalue weighted by Crippen LogP contribution is 2.31. The lowest BCUT2D eigenvalue weighted by Crippen LogP contribution is -2.11. The molecule has 0 aliphatic carbocycles. The fourth-order valence-corrected chi connectivity index (χ4v) is 4.54. The summed E-state index contributed by atoms with van der Waals surface area (Å²) in [4.78, 5) is 20.0. The van der Waals surface area contributed by atoms with Crippen LogP contribution >= 0.6 is 0 Å². The van der Waals surface area contributed by atoms with Gasteiger partial charge in [0.15, 0.2) is 11.6 Å². The summed E-state index contributed by atoms with van der Waals surface area (Å²) >= 11 is 0. The number of nitrogens with zero attached hydrogens (tertiary/aromatic N) is 4. The van der Waals surface area contributed by atoms with E-state index >= 15 is 13.2 Å². The minimum absolute atomic E-state index is 0.00567. The molecule has 5 rings (SSSR count). The van der Waals surface area contributed by atoms with Crippen molar-refractivity contribution in [3.05, 3.63) is 112 Å². The van der Waals surface area contributed by atoms with E-state index in [0.717, 1.165) is 12.1 Å². The molecule has 218 valence electrons. The molecular weight excluding hydrogens is 568 g/mol. The molecule has 3 aromatic carbocycles. The van der Waals surface area contributed by atoms with Crippen molar-refractivity contribution in [1.82, 2.24) is 14.5 Å².